The summed E-state index contributed by atoms with van der Waals surface area (Å²) in [5.41, 5.74) is 23.0. The lowest BCUT2D eigenvalue weighted by atomic mass is 10.0. The minimum atomic E-state index is -1.43. The van der Waals surface area contributed by atoms with Crippen molar-refractivity contribution in [1.82, 2.24) is 31.1 Å². The van der Waals surface area contributed by atoms with Crippen LogP contribution in [-0.4, -0.2) is 147 Å². The molecule has 22 nitrogen and oxygen atoms in total. The fourth-order valence-corrected chi connectivity index (χ4v) is 7.61. The van der Waals surface area contributed by atoms with E-state index >= 15 is 0 Å². The van der Waals surface area contributed by atoms with Gasteiger partial charge in [-0.15, -0.1) is 0 Å². The van der Waals surface area contributed by atoms with Crippen molar-refractivity contribution in [2.45, 2.75) is 107 Å². The van der Waals surface area contributed by atoms with Crippen LogP contribution in [0.25, 0.3) is 0 Å². The summed E-state index contributed by atoms with van der Waals surface area (Å²) in [4.78, 5) is 113. The Kier molecular flexibility index (Phi) is 18.8. The molecule has 64 heavy (non-hydrogen) atoms. The standard InChI is InChI=1S/C42H59N11O11/c43-27(23-54)35(57)48-28(16-17-34(44)56)36(58)50-30(21-25-12-14-26(55)15-13-25)37(59)51-31(22-24-7-2-1-3-8-24)40(62)52-19-5-10-32(52)38(60)49-29(9-4-18-47-42(45)46)39(61)53-20-6-11-33(53)41(63)64/h1-3,7-8,12-15,27-33,54-55H,4-6,9-11,16-23,43H2,(H2,44,56)(H,48,57)(H,49,60)(H,50,58)(H,51,59)(H,63,64)(H4,45,46,47)/t27-,28-,29-,30-,31-,32-,33-/m0/s1. The van der Waals surface area contributed by atoms with Crippen molar-refractivity contribution in [3.63, 3.8) is 0 Å². The number of likely N-dealkylation sites (tertiary alicyclic amines) is 2. The molecule has 7 amide bonds. The Morgan fingerprint density at radius 1 is 0.688 bits per heavy atom. The van der Waals surface area contributed by atoms with Gasteiger partial charge < -0.3 is 69.3 Å². The number of aromatic hydroxyl groups is 1. The Balaban J connectivity index is 1.62. The number of aliphatic hydroxyl groups excluding tert-OH is 1. The van der Waals surface area contributed by atoms with Gasteiger partial charge in [-0.3, -0.25) is 38.6 Å². The predicted molar refractivity (Wildman–Crippen MR) is 230 cm³/mol. The molecular weight excluding hydrogens is 835 g/mol. The average molecular weight is 894 g/mol. The van der Waals surface area contributed by atoms with E-state index in [0.717, 1.165) is 0 Å². The fourth-order valence-electron chi connectivity index (χ4n) is 7.61. The third-order valence-corrected chi connectivity index (χ3v) is 11.0. The number of amides is 7. The number of rotatable bonds is 23. The fraction of sp³-hybridized carbons (Fsp3) is 0.500. The quantitative estimate of drug-likeness (QED) is 0.0298. The highest BCUT2D eigenvalue weighted by molar-refractivity contribution is 5.97. The second-order valence-electron chi connectivity index (χ2n) is 15.8. The maximum Gasteiger partial charge on any atom is 0.326 e. The Morgan fingerprint density at radius 2 is 1.23 bits per heavy atom. The highest BCUT2D eigenvalue weighted by Gasteiger charge is 2.42. The Bertz CT molecular complexity index is 2000. The molecule has 0 unspecified atom stereocenters. The average Bonchev–Trinajstić information content (AvgIpc) is 3.97. The van der Waals surface area contributed by atoms with Gasteiger partial charge in [0.05, 0.1) is 6.61 Å². The third kappa shape index (κ3) is 14.6. The Morgan fingerprint density at radius 3 is 1.84 bits per heavy atom. The van der Waals surface area contributed by atoms with Gasteiger partial charge in [-0.2, -0.15) is 0 Å². The first kappa shape index (κ1) is 49.8. The maximum atomic E-state index is 14.6. The number of carboxylic acids is 1. The molecule has 2 aromatic rings. The number of carboxylic acid groups (broad SMARTS) is 1. The molecule has 0 radical (unpaired) electrons. The summed E-state index contributed by atoms with van der Waals surface area (Å²) in [5, 5.41) is 39.5. The molecule has 7 atom stereocenters. The molecule has 348 valence electrons. The maximum absolute atomic E-state index is 14.6. The summed E-state index contributed by atoms with van der Waals surface area (Å²) < 4.78 is 0. The van der Waals surface area contributed by atoms with E-state index in [1.165, 1.54) is 34.1 Å². The largest absolute Gasteiger partial charge is 0.508 e. The van der Waals surface area contributed by atoms with Crippen molar-refractivity contribution in [3.05, 3.63) is 65.7 Å². The number of aliphatic imine (C=N–C) groups is 1. The van der Waals surface area contributed by atoms with Crippen molar-refractivity contribution in [2.24, 2.45) is 27.9 Å². The molecule has 0 aromatic heterocycles. The Hall–Kier alpha value is -6.81. The van der Waals surface area contributed by atoms with Crippen LogP contribution in [0.5, 0.6) is 5.75 Å². The number of phenols is 1. The van der Waals surface area contributed by atoms with Crippen molar-refractivity contribution < 1.29 is 53.7 Å². The zero-order valence-corrected chi connectivity index (χ0v) is 35.4. The van der Waals surface area contributed by atoms with Gasteiger partial charge in [0.1, 0.15) is 48.0 Å². The molecule has 4 rings (SSSR count). The molecule has 2 heterocycles. The van der Waals surface area contributed by atoms with Crippen molar-refractivity contribution in [2.75, 3.05) is 26.2 Å². The molecule has 0 aliphatic carbocycles. The first-order chi connectivity index (χ1) is 30.5. The van der Waals surface area contributed by atoms with E-state index in [0.29, 0.717) is 24.0 Å². The van der Waals surface area contributed by atoms with E-state index in [-0.39, 0.29) is 82.7 Å². The second kappa shape index (κ2) is 24.1. The molecule has 2 aliphatic heterocycles. The first-order valence-corrected chi connectivity index (χ1v) is 21.1. The number of carbonyl (C=O) groups excluding carboxylic acids is 7. The van der Waals surface area contributed by atoms with Crippen LogP contribution in [0.3, 0.4) is 0 Å². The number of carbonyl (C=O) groups is 8. The van der Waals surface area contributed by atoms with E-state index in [1.54, 1.807) is 30.3 Å². The van der Waals surface area contributed by atoms with Gasteiger partial charge in [0.15, 0.2) is 5.96 Å². The number of hydrogen-bond donors (Lipinski definition) is 11. The molecule has 2 aromatic carbocycles. The van der Waals surface area contributed by atoms with E-state index in [1.807, 2.05) is 0 Å². The highest BCUT2D eigenvalue weighted by atomic mass is 16.4. The summed E-state index contributed by atoms with van der Waals surface area (Å²) in [6, 6.07) is 5.59. The number of hydrogen-bond acceptors (Lipinski definition) is 12. The van der Waals surface area contributed by atoms with E-state index in [2.05, 4.69) is 26.3 Å². The molecule has 2 aliphatic rings. The van der Waals surface area contributed by atoms with Gasteiger partial charge in [0.25, 0.3) is 0 Å². The number of guanidine groups is 1. The number of nitrogens with one attached hydrogen (secondary N) is 4. The van der Waals surface area contributed by atoms with Gasteiger partial charge in [0.2, 0.25) is 41.4 Å². The lowest BCUT2D eigenvalue weighted by Gasteiger charge is -2.32. The number of nitrogens with zero attached hydrogens (tertiary/aromatic N) is 3. The highest BCUT2D eigenvalue weighted by Crippen LogP contribution is 2.23. The van der Waals surface area contributed by atoms with Crippen molar-refractivity contribution in [1.29, 1.82) is 0 Å². The lowest BCUT2D eigenvalue weighted by Crippen LogP contribution is -2.60. The zero-order chi connectivity index (χ0) is 46.9. The smallest absolute Gasteiger partial charge is 0.326 e. The zero-order valence-electron chi connectivity index (χ0n) is 35.4. The minimum Gasteiger partial charge on any atom is -0.508 e. The summed E-state index contributed by atoms with van der Waals surface area (Å²) in [7, 11) is 0. The number of aliphatic hydroxyl groups is 1. The number of phenolic OH excluding ortho intramolecular Hbond substituents is 1. The van der Waals surface area contributed by atoms with Gasteiger partial charge in [-0.25, -0.2) is 4.79 Å². The van der Waals surface area contributed by atoms with E-state index in [9.17, 15) is 53.7 Å². The monoisotopic (exact) mass is 893 g/mol. The van der Waals surface area contributed by atoms with Gasteiger partial charge in [-0.05, 0) is 68.2 Å². The minimum absolute atomic E-state index is 0.0517. The van der Waals surface area contributed by atoms with Crippen molar-refractivity contribution in [3.8, 4) is 5.75 Å². The molecule has 0 spiro atoms. The van der Waals surface area contributed by atoms with E-state index in [4.69, 9.17) is 22.9 Å². The summed E-state index contributed by atoms with van der Waals surface area (Å²) >= 11 is 0. The molecular formula is C42H59N11O11. The molecule has 15 N–H and O–H groups in total. The number of benzene rings is 2. The van der Waals surface area contributed by atoms with Gasteiger partial charge >= 0.3 is 5.97 Å². The molecule has 22 heteroatoms. The summed E-state index contributed by atoms with van der Waals surface area (Å²) in [6.07, 6.45) is 0.779. The predicted octanol–water partition coefficient (Wildman–Crippen LogP) is -3.18. The first-order valence-electron chi connectivity index (χ1n) is 21.1. The van der Waals surface area contributed by atoms with Crippen LogP contribution in [0.15, 0.2) is 59.6 Å². The normalized spacial score (nSPS) is 18.1. The van der Waals surface area contributed by atoms with Crippen LogP contribution in [-0.2, 0) is 51.2 Å². The van der Waals surface area contributed by atoms with Crippen LogP contribution < -0.4 is 44.2 Å². The van der Waals surface area contributed by atoms with Gasteiger partial charge in [0, 0.05) is 38.9 Å². The van der Waals surface area contributed by atoms with Crippen LogP contribution in [0.4, 0.5) is 0 Å². The number of nitrogens with two attached hydrogens (primary N) is 4. The molecule has 2 fully saturated rings. The number of primary amides is 1. The SMILES string of the molecule is NC(=O)CC[C@H](NC(=O)[C@@H](N)CO)C(=O)N[C@@H](Cc1ccc(O)cc1)C(=O)N[C@@H](Cc1ccccc1)C(=O)N1CCC[C@H]1C(=O)N[C@@H](CCCN=C(N)N)C(=O)N1CCC[C@H]1C(=O)O. The Labute approximate surface area is 369 Å². The summed E-state index contributed by atoms with van der Waals surface area (Å²) in [5.74, 6) is -6.74. The number of aliphatic carboxylic acids is 1. The lowest BCUT2D eigenvalue weighted by molar-refractivity contribution is -0.150. The third-order valence-electron chi connectivity index (χ3n) is 11.0. The van der Waals surface area contributed by atoms with Crippen LogP contribution in [0.1, 0.15) is 62.5 Å². The van der Waals surface area contributed by atoms with Crippen molar-refractivity contribution >= 4 is 53.3 Å². The summed E-state index contributed by atoms with van der Waals surface area (Å²) in [6.45, 7) is -0.323. The van der Waals surface area contributed by atoms with Crippen LogP contribution >= 0.6 is 0 Å². The molecule has 0 bridgehead atoms. The topological polar surface area (TPSA) is 368 Å². The van der Waals surface area contributed by atoms with Crippen LogP contribution in [0, 0.1) is 0 Å². The molecule has 0 saturated carbocycles. The van der Waals surface area contributed by atoms with Crippen LogP contribution in [0.2, 0.25) is 0 Å². The van der Waals surface area contributed by atoms with Gasteiger partial charge in [-0.1, -0.05) is 42.5 Å². The second-order valence-corrected chi connectivity index (χ2v) is 15.8. The molecule has 2 saturated heterocycles. The van der Waals surface area contributed by atoms with E-state index < -0.39 is 96.2 Å².